The number of carboxylic acids is 1. The number of sulfonamides is 1. The Morgan fingerprint density at radius 3 is 2.67 bits per heavy atom. The van der Waals surface area contributed by atoms with Crippen molar-refractivity contribution >= 4 is 21.9 Å². The molecule has 1 aromatic heterocycles. The SMILES string of the molecule is Nc1ncc2c(n1)C1(CCCN(S(=O)(=O)c3ccc(C(=O)O)cc3)C1)CC2. The van der Waals surface area contributed by atoms with Crippen LogP contribution in [0.3, 0.4) is 0 Å². The summed E-state index contributed by atoms with van der Waals surface area (Å²) < 4.78 is 27.7. The maximum absolute atomic E-state index is 13.1. The second-order valence-corrected chi connectivity index (χ2v) is 9.09. The molecule has 0 bridgehead atoms. The van der Waals surface area contributed by atoms with E-state index in [0.717, 1.165) is 36.9 Å². The average molecular weight is 388 g/mol. The fourth-order valence-electron chi connectivity index (χ4n) is 4.17. The molecular formula is C18H20N4O4S. The number of nitrogens with two attached hydrogens (primary N) is 1. The Balaban J connectivity index is 1.66. The summed E-state index contributed by atoms with van der Waals surface area (Å²) >= 11 is 0. The zero-order chi connectivity index (χ0) is 19.2. The quantitative estimate of drug-likeness (QED) is 0.814. The van der Waals surface area contributed by atoms with Crippen LogP contribution < -0.4 is 5.73 Å². The number of fused-ring (bicyclic) bond motifs is 2. The molecule has 1 aliphatic carbocycles. The Kier molecular flexibility index (Phi) is 4.15. The van der Waals surface area contributed by atoms with Gasteiger partial charge in [-0.2, -0.15) is 4.31 Å². The van der Waals surface area contributed by atoms with Crippen LogP contribution in [0.4, 0.5) is 5.95 Å². The van der Waals surface area contributed by atoms with Gasteiger partial charge in [-0.15, -0.1) is 0 Å². The van der Waals surface area contributed by atoms with E-state index in [2.05, 4.69) is 9.97 Å². The van der Waals surface area contributed by atoms with Crippen LogP contribution in [-0.4, -0.2) is 46.9 Å². The van der Waals surface area contributed by atoms with Crippen molar-refractivity contribution in [1.29, 1.82) is 0 Å². The zero-order valence-electron chi connectivity index (χ0n) is 14.6. The van der Waals surface area contributed by atoms with E-state index < -0.39 is 16.0 Å². The smallest absolute Gasteiger partial charge is 0.335 e. The Bertz CT molecular complexity index is 1000. The van der Waals surface area contributed by atoms with E-state index in [4.69, 9.17) is 10.8 Å². The lowest BCUT2D eigenvalue weighted by Gasteiger charge is -2.39. The summed E-state index contributed by atoms with van der Waals surface area (Å²) in [7, 11) is -3.71. The first-order valence-electron chi connectivity index (χ1n) is 8.77. The number of anilines is 1. The number of carbonyl (C=O) groups is 1. The summed E-state index contributed by atoms with van der Waals surface area (Å²) in [5.74, 6) is -0.880. The number of nitrogens with zero attached hydrogens (tertiary/aromatic N) is 3. The number of aromatic nitrogens is 2. The fourth-order valence-corrected chi connectivity index (χ4v) is 5.73. The number of aryl methyl sites for hydroxylation is 1. The molecule has 8 nitrogen and oxygen atoms in total. The second kappa shape index (κ2) is 6.28. The van der Waals surface area contributed by atoms with E-state index in [1.807, 2.05) is 0 Å². The molecule has 1 fully saturated rings. The predicted octanol–water partition coefficient (Wildman–Crippen LogP) is 1.43. The van der Waals surface area contributed by atoms with Crippen molar-refractivity contribution in [3.8, 4) is 0 Å². The summed E-state index contributed by atoms with van der Waals surface area (Å²) in [6, 6.07) is 5.33. The van der Waals surface area contributed by atoms with Gasteiger partial charge in [-0.3, -0.25) is 0 Å². The molecule has 1 atom stereocenters. The van der Waals surface area contributed by atoms with E-state index in [-0.39, 0.29) is 21.8 Å². The van der Waals surface area contributed by atoms with Crippen molar-refractivity contribution in [2.24, 2.45) is 0 Å². The maximum Gasteiger partial charge on any atom is 0.335 e. The second-order valence-electron chi connectivity index (χ2n) is 7.15. The van der Waals surface area contributed by atoms with Crippen LogP contribution in [0.1, 0.15) is 40.9 Å². The number of nitrogen functional groups attached to an aromatic ring is 1. The average Bonchev–Trinajstić information content (AvgIpc) is 2.99. The van der Waals surface area contributed by atoms with Gasteiger partial charge in [0, 0.05) is 24.7 Å². The topological polar surface area (TPSA) is 126 Å². The van der Waals surface area contributed by atoms with Crippen LogP contribution in [-0.2, 0) is 21.9 Å². The standard InChI is InChI=1S/C18H20N4O4S/c19-17-20-10-13-6-8-18(15(13)21-17)7-1-9-22(11-18)27(25,26)14-4-2-12(3-5-14)16(23)24/h2-5,10H,1,6-9,11H2,(H,23,24)(H2,19,20,21). The minimum atomic E-state index is -3.71. The highest BCUT2D eigenvalue weighted by Crippen LogP contribution is 2.44. The van der Waals surface area contributed by atoms with Crippen molar-refractivity contribution in [1.82, 2.24) is 14.3 Å². The summed E-state index contributed by atoms with van der Waals surface area (Å²) in [6.45, 7) is 0.778. The minimum absolute atomic E-state index is 0.0564. The third kappa shape index (κ3) is 2.96. The Hall–Kier alpha value is -2.52. The largest absolute Gasteiger partial charge is 0.478 e. The minimum Gasteiger partial charge on any atom is -0.478 e. The molecule has 3 N–H and O–H groups in total. The highest BCUT2D eigenvalue weighted by atomic mass is 32.2. The number of aromatic carboxylic acids is 1. The summed E-state index contributed by atoms with van der Waals surface area (Å²) in [4.78, 5) is 19.6. The number of piperidine rings is 1. The highest BCUT2D eigenvalue weighted by molar-refractivity contribution is 7.89. The lowest BCUT2D eigenvalue weighted by Crippen LogP contribution is -2.47. The molecule has 1 aliphatic heterocycles. The molecule has 0 radical (unpaired) electrons. The number of rotatable bonds is 3. The third-order valence-electron chi connectivity index (χ3n) is 5.54. The molecule has 1 saturated heterocycles. The molecule has 1 spiro atoms. The van der Waals surface area contributed by atoms with E-state index in [0.29, 0.717) is 13.1 Å². The van der Waals surface area contributed by atoms with Crippen molar-refractivity contribution in [2.75, 3.05) is 18.8 Å². The van der Waals surface area contributed by atoms with E-state index in [9.17, 15) is 13.2 Å². The normalized spacial score (nSPS) is 22.7. The maximum atomic E-state index is 13.1. The highest BCUT2D eigenvalue weighted by Gasteiger charge is 2.46. The van der Waals surface area contributed by atoms with Gasteiger partial charge in [0.1, 0.15) is 0 Å². The first-order valence-corrected chi connectivity index (χ1v) is 10.2. The number of benzene rings is 1. The summed E-state index contributed by atoms with van der Waals surface area (Å²) in [5, 5.41) is 9.00. The molecule has 0 amide bonds. The molecule has 2 aromatic rings. The van der Waals surface area contributed by atoms with Crippen LogP contribution in [0.25, 0.3) is 0 Å². The van der Waals surface area contributed by atoms with Gasteiger partial charge < -0.3 is 10.8 Å². The van der Waals surface area contributed by atoms with Gasteiger partial charge in [-0.25, -0.2) is 23.2 Å². The molecule has 2 aliphatic rings. The van der Waals surface area contributed by atoms with E-state index >= 15 is 0 Å². The van der Waals surface area contributed by atoms with Crippen LogP contribution in [0.15, 0.2) is 35.4 Å². The van der Waals surface area contributed by atoms with E-state index in [1.165, 1.54) is 28.6 Å². The van der Waals surface area contributed by atoms with Gasteiger partial charge in [-0.1, -0.05) is 0 Å². The summed E-state index contributed by atoms with van der Waals surface area (Å²) in [5.41, 5.74) is 7.40. The zero-order valence-corrected chi connectivity index (χ0v) is 15.4. The Labute approximate surface area is 157 Å². The van der Waals surface area contributed by atoms with Gasteiger partial charge in [0.2, 0.25) is 16.0 Å². The van der Waals surface area contributed by atoms with Gasteiger partial charge in [0.05, 0.1) is 16.2 Å². The fraction of sp³-hybridized carbons (Fsp3) is 0.389. The Morgan fingerprint density at radius 2 is 1.96 bits per heavy atom. The number of carboxylic acid groups (broad SMARTS) is 1. The lowest BCUT2D eigenvalue weighted by atomic mass is 9.78. The monoisotopic (exact) mass is 388 g/mol. The van der Waals surface area contributed by atoms with Gasteiger partial charge in [0.25, 0.3) is 0 Å². The molecule has 4 rings (SSSR count). The van der Waals surface area contributed by atoms with Crippen LogP contribution >= 0.6 is 0 Å². The lowest BCUT2D eigenvalue weighted by molar-refractivity contribution is 0.0696. The molecule has 0 saturated carbocycles. The van der Waals surface area contributed by atoms with Gasteiger partial charge in [0.15, 0.2) is 0 Å². The van der Waals surface area contributed by atoms with Crippen molar-refractivity contribution in [3.63, 3.8) is 0 Å². The predicted molar refractivity (Wildman–Crippen MR) is 97.8 cm³/mol. The van der Waals surface area contributed by atoms with Crippen LogP contribution in [0.2, 0.25) is 0 Å². The molecule has 9 heteroatoms. The number of hydrogen-bond acceptors (Lipinski definition) is 6. The molecule has 1 aromatic carbocycles. The Morgan fingerprint density at radius 1 is 1.22 bits per heavy atom. The molecular weight excluding hydrogens is 368 g/mol. The summed E-state index contributed by atoms with van der Waals surface area (Å²) in [6.07, 6.45) is 4.97. The molecule has 142 valence electrons. The van der Waals surface area contributed by atoms with Crippen molar-refractivity contribution < 1.29 is 18.3 Å². The van der Waals surface area contributed by atoms with Gasteiger partial charge >= 0.3 is 5.97 Å². The van der Waals surface area contributed by atoms with Crippen molar-refractivity contribution in [2.45, 2.75) is 36.0 Å². The van der Waals surface area contributed by atoms with Crippen molar-refractivity contribution in [3.05, 3.63) is 47.3 Å². The molecule has 2 heterocycles. The van der Waals surface area contributed by atoms with Gasteiger partial charge in [-0.05, 0) is 55.5 Å². The number of hydrogen-bond donors (Lipinski definition) is 2. The first-order chi connectivity index (χ1) is 12.8. The molecule has 1 unspecified atom stereocenters. The third-order valence-corrected chi connectivity index (χ3v) is 7.40. The van der Waals surface area contributed by atoms with Crippen LogP contribution in [0, 0.1) is 0 Å². The van der Waals surface area contributed by atoms with E-state index in [1.54, 1.807) is 6.20 Å². The molecule has 27 heavy (non-hydrogen) atoms. The first kappa shape index (κ1) is 17.9. The van der Waals surface area contributed by atoms with Crippen LogP contribution in [0.5, 0.6) is 0 Å².